The van der Waals surface area contributed by atoms with Crippen molar-refractivity contribution < 1.29 is 19.1 Å². The third-order valence-electron chi connectivity index (χ3n) is 4.87. The van der Waals surface area contributed by atoms with E-state index in [4.69, 9.17) is 10.5 Å². The van der Waals surface area contributed by atoms with Crippen molar-refractivity contribution in [3.63, 3.8) is 0 Å². The van der Waals surface area contributed by atoms with Gasteiger partial charge < -0.3 is 20.7 Å². The number of amides is 4. The molecule has 2 aromatic carbocycles. The van der Waals surface area contributed by atoms with E-state index in [0.29, 0.717) is 30.8 Å². The van der Waals surface area contributed by atoms with Crippen LogP contribution >= 0.6 is 0 Å². The minimum absolute atomic E-state index is 0.163. The van der Waals surface area contributed by atoms with Gasteiger partial charge in [0.2, 0.25) is 6.41 Å². The first-order chi connectivity index (χ1) is 15.0. The zero-order valence-electron chi connectivity index (χ0n) is 17.2. The van der Waals surface area contributed by atoms with Gasteiger partial charge in [-0.05, 0) is 48.4 Å². The number of nitrogens with one attached hydrogen (secondary N) is 2. The molecule has 1 aliphatic rings. The van der Waals surface area contributed by atoms with E-state index in [-0.39, 0.29) is 12.5 Å². The fraction of sp³-hybridized carbons (Fsp3) is 0.261. The Labute approximate surface area is 180 Å². The molecule has 31 heavy (non-hydrogen) atoms. The summed E-state index contributed by atoms with van der Waals surface area (Å²) >= 11 is 0. The van der Waals surface area contributed by atoms with Gasteiger partial charge >= 0.3 is 6.03 Å². The zero-order valence-corrected chi connectivity index (χ0v) is 17.2. The van der Waals surface area contributed by atoms with Crippen LogP contribution in [0.25, 0.3) is 0 Å². The van der Waals surface area contributed by atoms with Crippen LogP contribution in [-0.4, -0.2) is 49.5 Å². The molecule has 2 aromatic rings. The van der Waals surface area contributed by atoms with Crippen molar-refractivity contribution in [1.29, 1.82) is 0 Å². The smallest absolute Gasteiger partial charge is 0.322 e. The second kappa shape index (κ2) is 10.3. The molecule has 8 heteroatoms. The fourth-order valence-electron chi connectivity index (χ4n) is 3.31. The van der Waals surface area contributed by atoms with Gasteiger partial charge in [-0.15, -0.1) is 0 Å². The molecule has 1 heterocycles. The number of benzene rings is 2. The Hall–Kier alpha value is -3.83. The van der Waals surface area contributed by atoms with Crippen molar-refractivity contribution in [2.75, 3.05) is 20.2 Å². The molecule has 0 aromatic heterocycles. The van der Waals surface area contributed by atoms with E-state index in [1.165, 1.54) is 0 Å². The predicted octanol–water partition coefficient (Wildman–Crippen LogP) is 1.03. The number of rotatable bonds is 7. The number of ether oxygens (including phenoxy) is 1. The first kappa shape index (κ1) is 21.9. The maximum atomic E-state index is 12.8. The summed E-state index contributed by atoms with van der Waals surface area (Å²) in [7, 11) is 1.54. The monoisotopic (exact) mass is 420 g/mol. The topological polar surface area (TPSA) is 114 Å². The summed E-state index contributed by atoms with van der Waals surface area (Å²) in [6.45, 7) is 1.14. The Morgan fingerprint density at radius 1 is 1.29 bits per heavy atom. The van der Waals surface area contributed by atoms with E-state index < -0.39 is 12.1 Å². The van der Waals surface area contributed by atoms with Crippen LogP contribution in [-0.2, 0) is 17.8 Å². The molecule has 0 aliphatic carbocycles. The summed E-state index contributed by atoms with van der Waals surface area (Å²) < 4.78 is 5.20. The Morgan fingerprint density at radius 3 is 2.74 bits per heavy atom. The summed E-state index contributed by atoms with van der Waals surface area (Å²) in [4.78, 5) is 36.9. The lowest BCUT2D eigenvalue weighted by Gasteiger charge is -2.21. The van der Waals surface area contributed by atoms with Gasteiger partial charge in [0.1, 0.15) is 11.8 Å². The Balaban J connectivity index is 1.76. The maximum Gasteiger partial charge on any atom is 0.322 e. The largest absolute Gasteiger partial charge is 0.497 e. The molecule has 8 nitrogen and oxygen atoms in total. The third kappa shape index (κ3) is 5.62. The van der Waals surface area contributed by atoms with E-state index in [2.05, 4.69) is 17.2 Å². The minimum Gasteiger partial charge on any atom is -0.497 e. The highest BCUT2D eigenvalue weighted by molar-refractivity contribution is 5.98. The van der Waals surface area contributed by atoms with Crippen molar-refractivity contribution in [3.05, 3.63) is 64.7 Å². The first-order valence-corrected chi connectivity index (χ1v) is 9.81. The lowest BCUT2D eigenvalue weighted by atomic mass is 10.1. The van der Waals surface area contributed by atoms with Crippen LogP contribution in [0.3, 0.4) is 0 Å². The number of hydrogen-bond donors (Lipinski definition) is 3. The lowest BCUT2D eigenvalue weighted by molar-refractivity contribution is -0.108. The van der Waals surface area contributed by atoms with E-state index >= 15 is 0 Å². The first-order valence-electron chi connectivity index (χ1n) is 9.81. The molecule has 1 atom stereocenters. The number of hydrogen-bond acceptors (Lipinski definition) is 5. The van der Waals surface area contributed by atoms with Crippen LogP contribution in [0, 0.1) is 11.8 Å². The van der Waals surface area contributed by atoms with Crippen LogP contribution < -0.4 is 21.1 Å². The molecule has 4 N–H and O–H groups in total. The lowest BCUT2D eigenvalue weighted by Crippen LogP contribution is -2.46. The van der Waals surface area contributed by atoms with Crippen LogP contribution in [0.1, 0.15) is 27.0 Å². The number of nitrogens with two attached hydrogens (primary N) is 1. The minimum atomic E-state index is -0.682. The molecular weight excluding hydrogens is 396 g/mol. The zero-order chi connectivity index (χ0) is 22.2. The third-order valence-corrected chi connectivity index (χ3v) is 4.87. The molecule has 0 bridgehead atoms. The van der Waals surface area contributed by atoms with Crippen LogP contribution in [0.15, 0.2) is 42.5 Å². The van der Waals surface area contributed by atoms with Gasteiger partial charge in [-0.2, -0.15) is 0 Å². The highest BCUT2D eigenvalue weighted by atomic mass is 16.5. The summed E-state index contributed by atoms with van der Waals surface area (Å²) in [5.41, 5.74) is 8.90. The van der Waals surface area contributed by atoms with Crippen LogP contribution in [0.2, 0.25) is 0 Å². The second-order valence-corrected chi connectivity index (χ2v) is 7.00. The van der Waals surface area contributed by atoms with E-state index in [1.54, 1.807) is 24.1 Å². The molecule has 0 saturated carbocycles. The predicted molar refractivity (Wildman–Crippen MR) is 115 cm³/mol. The molecule has 1 aliphatic heterocycles. The molecule has 3 rings (SSSR count). The number of carbonyl (C=O) groups is 3. The number of imide groups is 1. The quantitative estimate of drug-likeness (QED) is 0.457. The van der Waals surface area contributed by atoms with Gasteiger partial charge in [-0.3, -0.25) is 14.9 Å². The molecule has 0 radical (unpaired) electrons. The molecular formula is C23H24N4O4. The Kier molecular flexibility index (Phi) is 7.25. The average Bonchev–Trinajstić information content (AvgIpc) is 3.08. The van der Waals surface area contributed by atoms with Crippen molar-refractivity contribution in [1.82, 2.24) is 15.5 Å². The Morgan fingerprint density at radius 2 is 2.06 bits per heavy atom. The van der Waals surface area contributed by atoms with E-state index in [9.17, 15) is 14.4 Å². The number of nitrogens with zero attached hydrogens (tertiary/aromatic N) is 1. The van der Waals surface area contributed by atoms with Crippen molar-refractivity contribution in [2.24, 2.45) is 5.73 Å². The maximum absolute atomic E-state index is 12.8. The van der Waals surface area contributed by atoms with Gasteiger partial charge in [-0.25, -0.2) is 4.79 Å². The summed E-state index contributed by atoms with van der Waals surface area (Å²) in [6.07, 6.45) is 1.07. The summed E-state index contributed by atoms with van der Waals surface area (Å²) in [5.74, 6) is 6.45. The van der Waals surface area contributed by atoms with Crippen molar-refractivity contribution in [3.8, 4) is 17.6 Å². The van der Waals surface area contributed by atoms with E-state index in [0.717, 1.165) is 23.1 Å². The fourth-order valence-corrected chi connectivity index (χ4v) is 3.31. The average molecular weight is 420 g/mol. The molecule has 0 spiro atoms. The molecule has 0 unspecified atom stereocenters. The Bertz CT molecular complexity index is 1020. The van der Waals surface area contributed by atoms with Crippen molar-refractivity contribution in [2.45, 2.75) is 19.0 Å². The van der Waals surface area contributed by atoms with Gasteiger partial charge in [0.05, 0.1) is 13.7 Å². The summed E-state index contributed by atoms with van der Waals surface area (Å²) in [5, 5.41) is 4.66. The van der Waals surface area contributed by atoms with Crippen LogP contribution in [0.5, 0.6) is 5.75 Å². The van der Waals surface area contributed by atoms with Crippen molar-refractivity contribution >= 4 is 18.3 Å². The highest BCUT2D eigenvalue weighted by Gasteiger charge is 2.29. The SMILES string of the molecule is COc1ccc2c(c1)C(=O)N(C[C@@H](C#Cc1ccc(CCN)cc1)NC(=O)NC=O)C2. The van der Waals surface area contributed by atoms with Gasteiger partial charge in [-0.1, -0.05) is 30.0 Å². The van der Waals surface area contributed by atoms with Gasteiger partial charge in [0.25, 0.3) is 5.91 Å². The molecule has 0 fully saturated rings. The van der Waals surface area contributed by atoms with Gasteiger partial charge in [0, 0.05) is 17.7 Å². The summed E-state index contributed by atoms with van der Waals surface area (Å²) in [6, 6.07) is 11.7. The molecule has 0 saturated heterocycles. The number of fused-ring (bicyclic) bond motifs is 1. The van der Waals surface area contributed by atoms with E-state index in [1.807, 2.05) is 35.6 Å². The number of urea groups is 1. The standard InChI is InChI=1S/C23H24N4O4/c1-31-20-9-7-18-13-27(22(29)21(18)12-20)14-19(26-23(30)25-15-28)8-6-16-2-4-17(5-3-16)10-11-24/h2-5,7,9,12,15,19H,10-11,13-14,24H2,1H3,(H2,25,26,28,30)/t19-/m1/s1. The molecule has 160 valence electrons. The number of methoxy groups -OCH3 is 1. The number of carbonyl (C=O) groups excluding carboxylic acids is 3. The second-order valence-electron chi connectivity index (χ2n) is 7.00. The normalized spacial score (nSPS) is 13.0. The van der Waals surface area contributed by atoms with Crippen LogP contribution in [0.4, 0.5) is 4.79 Å². The van der Waals surface area contributed by atoms with Gasteiger partial charge in [0.15, 0.2) is 0 Å². The molecule has 4 amide bonds. The highest BCUT2D eigenvalue weighted by Crippen LogP contribution is 2.26.